The van der Waals surface area contributed by atoms with E-state index in [-0.39, 0.29) is 22.8 Å². The highest BCUT2D eigenvalue weighted by atomic mass is 16.5. The molecule has 0 amide bonds. The zero-order chi connectivity index (χ0) is 27.8. The fourth-order valence-corrected chi connectivity index (χ4v) is 4.25. The monoisotopic (exact) mass is 508 g/mol. The van der Waals surface area contributed by atoms with Crippen molar-refractivity contribution in [2.24, 2.45) is 0 Å². The van der Waals surface area contributed by atoms with Crippen LogP contribution in [-0.2, 0) is 20.4 Å². The number of benzene rings is 4. The Morgan fingerprint density at radius 1 is 0.447 bits per heavy atom. The molecule has 0 aliphatic carbocycles. The highest BCUT2D eigenvalue weighted by molar-refractivity contribution is 5.69. The SMILES string of the molecule is CC(=O)Oc1ccc(C(C)(C)c2ccc(OC(C)=O)cc2)cc1.CC(C)(c1ccccc1)c1ccccc1. The summed E-state index contributed by atoms with van der Waals surface area (Å²) in [6.45, 7) is 11.5. The molecule has 0 unspecified atom stereocenters. The van der Waals surface area contributed by atoms with Crippen molar-refractivity contribution in [1.29, 1.82) is 0 Å². The van der Waals surface area contributed by atoms with E-state index in [2.05, 4.69) is 88.4 Å². The van der Waals surface area contributed by atoms with Gasteiger partial charge in [-0.1, -0.05) is 113 Å². The summed E-state index contributed by atoms with van der Waals surface area (Å²) in [5, 5.41) is 0. The van der Waals surface area contributed by atoms with Crippen LogP contribution in [0.3, 0.4) is 0 Å². The van der Waals surface area contributed by atoms with Crippen LogP contribution in [0.4, 0.5) is 0 Å². The minimum atomic E-state index is -0.335. The fourth-order valence-electron chi connectivity index (χ4n) is 4.25. The van der Waals surface area contributed by atoms with Crippen molar-refractivity contribution in [3.8, 4) is 11.5 Å². The minimum absolute atomic E-state index is 0.0858. The second-order valence-corrected chi connectivity index (χ2v) is 10.2. The largest absolute Gasteiger partial charge is 0.427 e. The van der Waals surface area contributed by atoms with Crippen LogP contribution in [0.15, 0.2) is 109 Å². The maximum atomic E-state index is 11.0. The summed E-state index contributed by atoms with van der Waals surface area (Å²) >= 11 is 0. The number of hydrogen-bond donors (Lipinski definition) is 0. The number of ether oxygens (including phenoxy) is 2. The molecule has 4 nitrogen and oxygen atoms in total. The quantitative estimate of drug-likeness (QED) is 0.196. The molecule has 4 heteroatoms. The molecule has 4 rings (SSSR count). The van der Waals surface area contributed by atoms with Crippen LogP contribution in [0.25, 0.3) is 0 Å². The summed E-state index contributed by atoms with van der Waals surface area (Å²) < 4.78 is 10.1. The van der Waals surface area contributed by atoms with Crippen molar-refractivity contribution >= 4 is 11.9 Å². The van der Waals surface area contributed by atoms with Gasteiger partial charge >= 0.3 is 11.9 Å². The van der Waals surface area contributed by atoms with Crippen LogP contribution in [0.2, 0.25) is 0 Å². The molecule has 0 saturated heterocycles. The summed E-state index contributed by atoms with van der Waals surface area (Å²) in [5.41, 5.74) is 4.75. The molecule has 0 heterocycles. The van der Waals surface area contributed by atoms with Gasteiger partial charge in [-0.15, -0.1) is 0 Å². The highest BCUT2D eigenvalue weighted by Gasteiger charge is 2.23. The van der Waals surface area contributed by atoms with Crippen LogP contribution in [0.5, 0.6) is 11.5 Å². The third-order valence-corrected chi connectivity index (χ3v) is 6.67. The molecule has 38 heavy (non-hydrogen) atoms. The number of esters is 2. The highest BCUT2D eigenvalue weighted by Crippen LogP contribution is 2.33. The van der Waals surface area contributed by atoms with Crippen molar-refractivity contribution in [1.82, 2.24) is 0 Å². The molecular formula is C34H36O4. The molecule has 0 saturated carbocycles. The van der Waals surface area contributed by atoms with Gasteiger partial charge in [-0.25, -0.2) is 0 Å². The van der Waals surface area contributed by atoms with Crippen LogP contribution in [-0.4, -0.2) is 11.9 Å². The van der Waals surface area contributed by atoms with Gasteiger partial charge in [0.05, 0.1) is 0 Å². The molecule has 0 aliphatic heterocycles. The Kier molecular flexibility index (Phi) is 9.25. The first kappa shape index (κ1) is 28.4. The Bertz CT molecular complexity index is 1220. The Morgan fingerprint density at radius 3 is 0.974 bits per heavy atom. The molecule has 0 N–H and O–H groups in total. The number of carbonyl (C=O) groups is 2. The van der Waals surface area contributed by atoms with Gasteiger partial charge in [0, 0.05) is 24.7 Å². The third-order valence-electron chi connectivity index (χ3n) is 6.67. The van der Waals surface area contributed by atoms with Gasteiger partial charge in [0.15, 0.2) is 0 Å². The normalized spacial score (nSPS) is 11.1. The molecule has 0 aliphatic rings. The Morgan fingerprint density at radius 2 is 0.711 bits per heavy atom. The predicted molar refractivity (Wildman–Crippen MR) is 153 cm³/mol. The summed E-state index contributed by atoms with van der Waals surface area (Å²) in [7, 11) is 0. The van der Waals surface area contributed by atoms with Gasteiger partial charge in [0.1, 0.15) is 11.5 Å². The first-order chi connectivity index (χ1) is 18.0. The predicted octanol–water partition coefficient (Wildman–Crippen LogP) is 7.88. The lowest BCUT2D eigenvalue weighted by Crippen LogP contribution is -2.18. The van der Waals surface area contributed by atoms with E-state index in [4.69, 9.17) is 9.47 Å². The lowest BCUT2D eigenvalue weighted by atomic mass is 9.78. The standard InChI is InChI=1S/C19H20O4.C15H16/c1-13(20)22-17-9-5-15(6-10-17)19(3,4)16-7-11-18(12-8-16)23-14(2)21;1-15(2,13-9-5-3-6-10-13)14-11-7-4-8-12-14/h5-12H,1-4H3;3-12H,1-2H3. The van der Waals surface area contributed by atoms with E-state index in [1.165, 1.54) is 25.0 Å². The third kappa shape index (κ3) is 7.42. The van der Waals surface area contributed by atoms with Gasteiger partial charge in [-0.05, 0) is 46.5 Å². The summed E-state index contributed by atoms with van der Waals surface area (Å²) in [4.78, 5) is 21.9. The second kappa shape index (κ2) is 12.4. The zero-order valence-electron chi connectivity index (χ0n) is 23.0. The van der Waals surface area contributed by atoms with Gasteiger partial charge in [-0.3, -0.25) is 9.59 Å². The fraction of sp³-hybridized carbons (Fsp3) is 0.235. The summed E-state index contributed by atoms with van der Waals surface area (Å²) in [6, 6.07) is 36.2. The van der Waals surface area contributed by atoms with E-state index in [0.29, 0.717) is 11.5 Å². The van der Waals surface area contributed by atoms with Crippen LogP contribution in [0, 0.1) is 0 Å². The molecule has 4 aromatic rings. The molecule has 196 valence electrons. The number of carbonyl (C=O) groups excluding carboxylic acids is 2. The summed E-state index contributed by atoms with van der Waals surface area (Å²) in [6.07, 6.45) is 0. The van der Waals surface area contributed by atoms with E-state index in [1.807, 2.05) is 24.3 Å². The molecule has 0 fully saturated rings. The van der Waals surface area contributed by atoms with E-state index < -0.39 is 0 Å². The Hall–Kier alpha value is -4.18. The van der Waals surface area contributed by atoms with Gasteiger partial charge in [0.25, 0.3) is 0 Å². The van der Waals surface area contributed by atoms with Crippen LogP contribution in [0.1, 0.15) is 63.8 Å². The molecule has 0 bridgehead atoms. The number of hydrogen-bond acceptors (Lipinski definition) is 4. The van der Waals surface area contributed by atoms with Crippen molar-refractivity contribution in [3.05, 3.63) is 131 Å². The number of rotatable bonds is 6. The zero-order valence-corrected chi connectivity index (χ0v) is 23.0. The van der Waals surface area contributed by atoms with Crippen molar-refractivity contribution in [2.45, 2.75) is 52.4 Å². The van der Waals surface area contributed by atoms with Crippen molar-refractivity contribution in [2.75, 3.05) is 0 Å². The van der Waals surface area contributed by atoms with E-state index >= 15 is 0 Å². The first-order valence-electron chi connectivity index (χ1n) is 12.7. The Balaban J connectivity index is 0.000000230. The lowest BCUT2D eigenvalue weighted by molar-refractivity contribution is -0.132. The van der Waals surface area contributed by atoms with E-state index in [9.17, 15) is 9.59 Å². The maximum absolute atomic E-state index is 11.0. The summed E-state index contributed by atoms with van der Waals surface area (Å²) in [5.74, 6) is 0.389. The molecule has 0 spiro atoms. The maximum Gasteiger partial charge on any atom is 0.308 e. The Labute approximate surface area is 226 Å². The molecule has 4 aromatic carbocycles. The minimum Gasteiger partial charge on any atom is -0.427 e. The molecule has 0 radical (unpaired) electrons. The molecule has 0 atom stereocenters. The van der Waals surface area contributed by atoms with Crippen molar-refractivity contribution in [3.63, 3.8) is 0 Å². The van der Waals surface area contributed by atoms with Crippen LogP contribution < -0.4 is 9.47 Å². The molecule has 0 aromatic heterocycles. The smallest absolute Gasteiger partial charge is 0.308 e. The van der Waals surface area contributed by atoms with E-state index in [1.54, 1.807) is 24.3 Å². The van der Waals surface area contributed by atoms with E-state index in [0.717, 1.165) is 11.1 Å². The average molecular weight is 509 g/mol. The first-order valence-corrected chi connectivity index (χ1v) is 12.7. The van der Waals surface area contributed by atoms with Crippen LogP contribution >= 0.6 is 0 Å². The van der Waals surface area contributed by atoms with Gasteiger partial charge < -0.3 is 9.47 Å². The second-order valence-electron chi connectivity index (χ2n) is 10.2. The van der Waals surface area contributed by atoms with Gasteiger partial charge in [-0.2, -0.15) is 0 Å². The van der Waals surface area contributed by atoms with Crippen molar-refractivity contribution < 1.29 is 19.1 Å². The lowest BCUT2D eigenvalue weighted by Gasteiger charge is -2.26. The molecular weight excluding hydrogens is 472 g/mol. The average Bonchev–Trinajstić information content (AvgIpc) is 2.90. The van der Waals surface area contributed by atoms with Gasteiger partial charge in [0.2, 0.25) is 0 Å². The topological polar surface area (TPSA) is 52.6 Å².